The van der Waals surface area contributed by atoms with E-state index in [0.717, 1.165) is 6.42 Å². The van der Waals surface area contributed by atoms with Crippen LogP contribution >= 0.6 is 0 Å². The average Bonchev–Trinajstić information content (AvgIpc) is 2.31. The highest BCUT2D eigenvalue weighted by atomic mass is 16.4. The van der Waals surface area contributed by atoms with Crippen molar-refractivity contribution < 1.29 is 14.7 Å². The van der Waals surface area contributed by atoms with Crippen LogP contribution in [0.1, 0.15) is 47.0 Å². The standard InChI is InChI=1S/C15H28N2O3/c1-6-11-17(15(3,4)5)14(20)16-10-9-12(2)7-8-13(18)19/h6,12H,1,7-11H2,2-5H3,(H,16,20)(H,18,19). The monoisotopic (exact) mass is 284 g/mol. The maximum Gasteiger partial charge on any atom is 0.318 e. The molecule has 0 aliphatic rings. The summed E-state index contributed by atoms with van der Waals surface area (Å²) in [5.74, 6) is -0.486. The molecule has 5 heteroatoms. The largest absolute Gasteiger partial charge is 0.481 e. The Bertz CT molecular complexity index is 335. The Balaban J connectivity index is 4.13. The van der Waals surface area contributed by atoms with Crippen molar-refractivity contribution in [2.45, 2.75) is 52.5 Å². The van der Waals surface area contributed by atoms with Crippen LogP contribution in [0.4, 0.5) is 4.79 Å². The van der Waals surface area contributed by atoms with Crippen LogP contribution in [-0.2, 0) is 4.79 Å². The van der Waals surface area contributed by atoms with Crippen LogP contribution in [0.15, 0.2) is 12.7 Å². The molecule has 1 atom stereocenters. The number of nitrogens with one attached hydrogen (secondary N) is 1. The fourth-order valence-corrected chi connectivity index (χ4v) is 1.83. The Morgan fingerprint density at radius 3 is 2.40 bits per heavy atom. The maximum atomic E-state index is 12.1. The molecular weight excluding hydrogens is 256 g/mol. The third-order valence-corrected chi connectivity index (χ3v) is 3.13. The molecule has 5 nitrogen and oxygen atoms in total. The molecule has 0 rings (SSSR count). The number of carbonyl (C=O) groups excluding carboxylic acids is 1. The molecule has 0 fully saturated rings. The van der Waals surface area contributed by atoms with E-state index in [4.69, 9.17) is 5.11 Å². The fraction of sp³-hybridized carbons (Fsp3) is 0.733. The first-order valence-corrected chi connectivity index (χ1v) is 7.06. The highest BCUT2D eigenvalue weighted by Crippen LogP contribution is 2.13. The molecule has 0 heterocycles. The summed E-state index contributed by atoms with van der Waals surface area (Å²) < 4.78 is 0. The summed E-state index contributed by atoms with van der Waals surface area (Å²) in [7, 11) is 0. The molecule has 2 amide bonds. The van der Waals surface area contributed by atoms with Gasteiger partial charge in [-0.3, -0.25) is 4.79 Å². The van der Waals surface area contributed by atoms with E-state index in [2.05, 4.69) is 11.9 Å². The molecular formula is C15H28N2O3. The Labute approximate surface area is 122 Å². The third-order valence-electron chi connectivity index (χ3n) is 3.13. The van der Waals surface area contributed by atoms with E-state index < -0.39 is 5.97 Å². The van der Waals surface area contributed by atoms with Gasteiger partial charge in [0, 0.05) is 25.0 Å². The van der Waals surface area contributed by atoms with Crippen molar-refractivity contribution in [3.05, 3.63) is 12.7 Å². The van der Waals surface area contributed by atoms with Crippen molar-refractivity contribution in [1.29, 1.82) is 0 Å². The molecule has 0 aromatic carbocycles. The summed E-state index contributed by atoms with van der Waals surface area (Å²) in [5, 5.41) is 11.5. The normalized spacial score (nSPS) is 12.6. The van der Waals surface area contributed by atoms with Crippen LogP contribution in [0.3, 0.4) is 0 Å². The predicted molar refractivity (Wildman–Crippen MR) is 80.7 cm³/mol. The van der Waals surface area contributed by atoms with Crippen molar-refractivity contribution in [3.8, 4) is 0 Å². The van der Waals surface area contributed by atoms with Gasteiger partial charge in [-0.1, -0.05) is 13.0 Å². The summed E-state index contributed by atoms with van der Waals surface area (Å²) in [4.78, 5) is 24.3. The predicted octanol–water partition coefficient (Wildman–Crippen LogP) is 2.87. The van der Waals surface area contributed by atoms with Crippen LogP contribution in [-0.4, -0.2) is 40.6 Å². The van der Waals surface area contributed by atoms with Crippen molar-refractivity contribution >= 4 is 12.0 Å². The van der Waals surface area contributed by atoms with E-state index in [0.29, 0.717) is 19.5 Å². The van der Waals surface area contributed by atoms with Crippen molar-refractivity contribution in [2.24, 2.45) is 5.92 Å². The van der Waals surface area contributed by atoms with Gasteiger partial charge in [0.25, 0.3) is 0 Å². The zero-order valence-electron chi connectivity index (χ0n) is 13.1. The molecule has 1 unspecified atom stereocenters. The van der Waals surface area contributed by atoms with Gasteiger partial charge in [0.15, 0.2) is 0 Å². The molecule has 116 valence electrons. The van der Waals surface area contributed by atoms with Gasteiger partial charge in [-0.25, -0.2) is 4.79 Å². The number of carboxylic acid groups (broad SMARTS) is 1. The lowest BCUT2D eigenvalue weighted by molar-refractivity contribution is -0.137. The molecule has 2 N–H and O–H groups in total. The van der Waals surface area contributed by atoms with E-state index in [1.807, 2.05) is 27.7 Å². The van der Waals surface area contributed by atoms with E-state index in [-0.39, 0.29) is 23.9 Å². The minimum atomic E-state index is -0.772. The number of urea groups is 1. The molecule has 0 saturated heterocycles. The van der Waals surface area contributed by atoms with Crippen molar-refractivity contribution in [3.63, 3.8) is 0 Å². The number of nitrogens with zero attached hydrogens (tertiary/aromatic N) is 1. The van der Waals surface area contributed by atoms with Crippen LogP contribution in [0.2, 0.25) is 0 Å². The Morgan fingerprint density at radius 1 is 1.35 bits per heavy atom. The minimum Gasteiger partial charge on any atom is -0.481 e. The molecule has 0 aliphatic carbocycles. The number of carbonyl (C=O) groups is 2. The van der Waals surface area contributed by atoms with Gasteiger partial charge in [-0.2, -0.15) is 0 Å². The molecule has 0 aromatic heterocycles. The van der Waals surface area contributed by atoms with E-state index in [1.165, 1.54) is 0 Å². The Kier molecular flexibility index (Phi) is 7.96. The molecule has 0 aliphatic heterocycles. The van der Waals surface area contributed by atoms with E-state index >= 15 is 0 Å². The third kappa shape index (κ3) is 7.81. The number of carboxylic acids is 1. The lowest BCUT2D eigenvalue weighted by Crippen LogP contribution is -2.50. The van der Waals surface area contributed by atoms with Gasteiger partial charge < -0.3 is 15.3 Å². The maximum absolute atomic E-state index is 12.1. The van der Waals surface area contributed by atoms with Crippen molar-refractivity contribution in [2.75, 3.05) is 13.1 Å². The smallest absolute Gasteiger partial charge is 0.318 e. The molecule has 0 bridgehead atoms. The van der Waals surface area contributed by atoms with Crippen LogP contribution in [0, 0.1) is 5.92 Å². The lowest BCUT2D eigenvalue weighted by Gasteiger charge is -2.35. The molecule has 0 spiro atoms. The van der Waals surface area contributed by atoms with Gasteiger partial charge >= 0.3 is 12.0 Å². The topological polar surface area (TPSA) is 69.6 Å². The summed E-state index contributed by atoms with van der Waals surface area (Å²) >= 11 is 0. The van der Waals surface area contributed by atoms with Crippen molar-refractivity contribution in [1.82, 2.24) is 10.2 Å². The first-order valence-electron chi connectivity index (χ1n) is 7.06. The van der Waals surface area contributed by atoms with Gasteiger partial charge in [0.2, 0.25) is 0 Å². The lowest BCUT2D eigenvalue weighted by atomic mass is 10.0. The second-order valence-electron chi connectivity index (χ2n) is 6.13. The zero-order valence-corrected chi connectivity index (χ0v) is 13.1. The van der Waals surface area contributed by atoms with Crippen LogP contribution in [0.25, 0.3) is 0 Å². The Morgan fingerprint density at radius 2 is 1.95 bits per heavy atom. The van der Waals surface area contributed by atoms with Gasteiger partial charge in [0.1, 0.15) is 0 Å². The summed E-state index contributed by atoms with van der Waals surface area (Å²) in [6.07, 6.45) is 3.31. The van der Waals surface area contributed by atoms with Crippen LogP contribution in [0.5, 0.6) is 0 Å². The highest BCUT2D eigenvalue weighted by molar-refractivity contribution is 5.75. The van der Waals surface area contributed by atoms with Crippen LogP contribution < -0.4 is 5.32 Å². The number of hydrogen-bond donors (Lipinski definition) is 2. The second-order valence-corrected chi connectivity index (χ2v) is 6.13. The number of hydrogen-bond acceptors (Lipinski definition) is 2. The summed E-state index contributed by atoms with van der Waals surface area (Å²) in [6, 6.07) is -0.108. The summed E-state index contributed by atoms with van der Waals surface area (Å²) in [6.45, 7) is 12.7. The number of aliphatic carboxylic acids is 1. The molecule has 20 heavy (non-hydrogen) atoms. The minimum absolute atomic E-state index is 0.108. The zero-order chi connectivity index (χ0) is 15.8. The number of rotatable bonds is 8. The van der Waals surface area contributed by atoms with Gasteiger partial charge in [-0.05, 0) is 39.5 Å². The summed E-state index contributed by atoms with van der Waals surface area (Å²) in [5.41, 5.74) is -0.257. The average molecular weight is 284 g/mol. The number of amides is 2. The first kappa shape index (κ1) is 18.5. The SMILES string of the molecule is C=CCN(C(=O)NCCC(C)CCC(=O)O)C(C)(C)C. The first-order chi connectivity index (χ1) is 9.18. The Hall–Kier alpha value is -1.52. The van der Waals surface area contributed by atoms with Gasteiger partial charge in [-0.15, -0.1) is 6.58 Å². The fourth-order valence-electron chi connectivity index (χ4n) is 1.83. The van der Waals surface area contributed by atoms with E-state index in [9.17, 15) is 9.59 Å². The molecule has 0 radical (unpaired) electrons. The molecule has 0 saturated carbocycles. The second kappa shape index (κ2) is 8.61. The van der Waals surface area contributed by atoms with E-state index in [1.54, 1.807) is 11.0 Å². The van der Waals surface area contributed by atoms with Gasteiger partial charge in [0.05, 0.1) is 0 Å². The highest BCUT2D eigenvalue weighted by Gasteiger charge is 2.24. The quantitative estimate of drug-likeness (QED) is 0.673. The molecule has 0 aromatic rings.